The molecule has 1 aliphatic rings. The minimum Gasteiger partial charge on any atom is -0.318 e. The van der Waals surface area contributed by atoms with Crippen LogP contribution in [0.2, 0.25) is 0 Å². The van der Waals surface area contributed by atoms with E-state index in [1.165, 1.54) is 19.1 Å². The Hall–Kier alpha value is -2.02. The van der Waals surface area contributed by atoms with E-state index in [-0.39, 0.29) is 11.6 Å². The second-order valence-corrected chi connectivity index (χ2v) is 5.05. The third-order valence-corrected chi connectivity index (χ3v) is 3.50. The zero-order chi connectivity index (χ0) is 14.7. The van der Waals surface area contributed by atoms with Gasteiger partial charge in [0.05, 0.1) is 10.6 Å². The maximum Gasteiger partial charge on any atom is 0.271 e. The van der Waals surface area contributed by atoms with Gasteiger partial charge >= 0.3 is 0 Å². The predicted octanol–water partition coefficient (Wildman–Crippen LogP) is 2.16. The third kappa shape index (κ3) is 3.11. The lowest BCUT2D eigenvalue weighted by atomic mass is 10.1. The average molecular weight is 293 g/mol. The quantitative estimate of drug-likeness (QED) is 0.488. The van der Waals surface area contributed by atoms with E-state index in [4.69, 9.17) is 12.2 Å². The molecule has 1 aliphatic heterocycles. The average Bonchev–Trinajstić information content (AvgIpc) is 2.58. The monoisotopic (exact) mass is 293 g/mol. The highest BCUT2D eigenvalue weighted by molar-refractivity contribution is 7.80. The van der Waals surface area contributed by atoms with Gasteiger partial charge in [-0.05, 0) is 37.0 Å². The second-order valence-electron chi connectivity index (χ2n) is 4.67. The Morgan fingerprint density at radius 3 is 2.85 bits per heavy atom. The van der Waals surface area contributed by atoms with Crippen molar-refractivity contribution in [2.45, 2.75) is 26.2 Å². The number of rotatable bonds is 1. The van der Waals surface area contributed by atoms with Crippen LogP contribution in [0.5, 0.6) is 0 Å². The number of nitro benzene ring substituents is 1. The maximum atomic E-state index is 11.1. The molecule has 0 saturated heterocycles. The fraction of sp³-hybridized carbons (Fsp3) is 0.385. The van der Waals surface area contributed by atoms with Gasteiger partial charge in [0.25, 0.3) is 5.69 Å². The van der Waals surface area contributed by atoms with E-state index >= 15 is 0 Å². The number of amides is 1. The summed E-state index contributed by atoms with van der Waals surface area (Å²) in [5.74, 6) is -0.244. The van der Waals surface area contributed by atoms with Gasteiger partial charge in [-0.3, -0.25) is 14.9 Å². The van der Waals surface area contributed by atoms with Crippen LogP contribution < -0.4 is 10.2 Å². The van der Waals surface area contributed by atoms with Crippen molar-refractivity contribution >= 4 is 34.6 Å². The molecule has 106 valence electrons. The maximum absolute atomic E-state index is 11.1. The number of benzene rings is 1. The summed E-state index contributed by atoms with van der Waals surface area (Å²) in [6.45, 7) is 2.03. The minimum atomic E-state index is -0.426. The number of nitrogens with one attached hydrogen (secondary N) is 1. The summed E-state index contributed by atoms with van der Waals surface area (Å²) in [5.41, 5.74) is 1.76. The lowest BCUT2D eigenvalue weighted by molar-refractivity contribution is -0.384. The molecule has 0 saturated carbocycles. The fourth-order valence-corrected chi connectivity index (χ4v) is 2.60. The molecule has 0 bridgehead atoms. The standard InChI is InChI=1S/C13H15N3O3S/c1-9(17)14-13(20)15-7-3-2-4-10-5-6-11(16(18)19)8-12(10)15/h5-6,8H,2-4,7H2,1H3,(H,14,17,20). The van der Waals surface area contributed by atoms with E-state index in [2.05, 4.69) is 5.32 Å². The van der Waals surface area contributed by atoms with E-state index in [1.807, 2.05) is 0 Å². The molecule has 2 rings (SSSR count). The van der Waals surface area contributed by atoms with Crippen LogP contribution in [0.15, 0.2) is 18.2 Å². The zero-order valence-corrected chi connectivity index (χ0v) is 11.9. The van der Waals surface area contributed by atoms with Crippen LogP contribution in [0.25, 0.3) is 0 Å². The van der Waals surface area contributed by atoms with Crippen molar-refractivity contribution in [3.8, 4) is 0 Å². The predicted molar refractivity (Wildman–Crippen MR) is 79.8 cm³/mol. The Labute approximate surface area is 121 Å². The van der Waals surface area contributed by atoms with Crippen molar-refractivity contribution in [2.24, 2.45) is 0 Å². The van der Waals surface area contributed by atoms with Crippen molar-refractivity contribution in [3.63, 3.8) is 0 Å². The summed E-state index contributed by atoms with van der Waals surface area (Å²) in [7, 11) is 0. The van der Waals surface area contributed by atoms with Crippen molar-refractivity contribution in [1.29, 1.82) is 0 Å². The van der Waals surface area contributed by atoms with Gasteiger partial charge in [-0.25, -0.2) is 0 Å². The van der Waals surface area contributed by atoms with Gasteiger partial charge in [0.15, 0.2) is 5.11 Å². The van der Waals surface area contributed by atoms with E-state index < -0.39 is 4.92 Å². The fourth-order valence-electron chi connectivity index (χ4n) is 2.26. The van der Waals surface area contributed by atoms with Gasteiger partial charge in [0.2, 0.25) is 5.91 Å². The Kier molecular flexibility index (Phi) is 4.29. The molecule has 1 aromatic rings. The molecule has 20 heavy (non-hydrogen) atoms. The molecule has 1 amide bonds. The van der Waals surface area contributed by atoms with E-state index in [1.54, 1.807) is 11.0 Å². The third-order valence-electron chi connectivity index (χ3n) is 3.18. The summed E-state index contributed by atoms with van der Waals surface area (Å²) < 4.78 is 0. The molecule has 6 nitrogen and oxygen atoms in total. The number of anilines is 1. The van der Waals surface area contributed by atoms with Gasteiger partial charge in [0, 0.05) is 25.6 Å². The molecule has 0 aromatic heterocycles. The topological polar surface area (TPSA) is 75.5 Å². The number of carbonyl (C=O) groups excluding carboxylic acids is 1. The molecule has 0 unspecified atom stereocenters. The normalized spacial score (nSPS) is 14.2. The van der Waals surface area contributed by atoms with Crippen LogP contribution in [0.1, 0.15) is 25.3 Å². The molecule has 0 aliphatic carbocycles. The van der Waals surface area contributed by atoms with Crippen LogP contribution in [-0.2, 0) is 11.2 Å². The molecular weight excluding hydrogens is 278 g/mol. The van der Waals surface area contributed by atoms with Gasteiger partial charge in [-0.15, -0.1) is 0 Å². The Balaban J connectivity index is 2.40. The number of aryl methyl sites for hydroxylation is 1. The Bertz CT molecular complexity index is 574. The summed E-state index contributed by atoms with van der Waals surface area (Å²) in [6.07, 6.45) is 2.76. The summed E-state index contributed by atoms with van der Waals surface area (Å²) in [6, 6.07) is 4.79. The van der Waals surface area contributed by atoms with Crippen molar-refractivity contribution in [2.75, 3.05) is 11.4 Å². The molecule has 0 spiro atoms. The van der Waals surface area contributed by atoms with Crippen LogP contribution >= 0.6 is 12.2 Å². The highest BCUT2D eigenvalue weighted by Gasteiger charge is 2.21. The van der Waals surface area contributed by atoms with E-state index in [0.29, 0.717) is 11.7 Å². The van der Waals surface area contributed by atoms with Gasteiger partial charge < -0.3 is 10.2 Å². The van der Waals surface area contributed by atoms with Crippen molar-refractivity contribution in [1.82, 2.24) is 5.32 Å². The van der Waals surface area contributed by atoms with Gasteiger partial charge in [-0.1, -0.05) is 6.07 Å². The highest BCUT2D eigenvalue weighted by Crippen LogP contribution is 2.30. The zero-order valence-electron chi connectivity index (χ0n) is 11.1. The number of nitrogens with zero attached hydrogens (tertiary/aromatic N) is 2. The molecule has 1 N–H and O–H groups in total. The lowest BCUT2D eigenvalue weighted by Crippen LogP contribution is -2.42. The molecule has 0 atom stereocenters. The van der Waals surface area contributed by atoms with Crippen LogP contribution in [0.4, 0.5) is 11.4 Å². The van der Waals surface area contributed by atoms with E-state index in [0.717, 1.165) is 30.5 Å². The minimum absolute atomic E-state index is 0.0290. The van der Waals surface area contributed by atoms with Crippen LogP contribution in [0.3, 0.4) is 0 Å². The number of non-ortho nitro benzene ring substituents is 1. The summed E-state index contributed by atoms with van der Waals surface area (Å²) >= 11 is 5.22. The molecule has 0 fully saturated rings. The number of nitro groups is 1. The largest absolute Gasteiger partial charge is 0.318 e. The van der Waals surface area contributed by atoms with Crippen LogP contribution in [0, 0.1) is 10.1 Å². The Morgan fingerprint density at radius 1 is 1.45 bits per heavy atom. The first-order valence-corrected chi connectivity index (χ1v) is 6.76. The first kappa shape index (κ1) is 14.4. The SMILES string of the molecule is CC(=O)NC(=S)N1CCCCc2ccc([N+](=O)[O-])cc21. The smallest absolute Gasteiger partial charge is 0.271 e. The molecule has 0 radical (unpaired) electrons. The Morgan fingerprint density at radius 2 is 2.20 bits per heavy atom. The molecular formula is C13H15N3O3S. The lowest BCUT2D eigenvalue weighted by Gasteiger charge is -2.25. The highest BCUT2D eigenvalue weighted by atomic mass is 32.1. The molecule has 1 aromatic carbocycles. The van der Waals surface area contributed by atoms with E-state index in [9.17, 15) is 14.9 Å². The molecule has 7 heteroatoms. The van der Waals surface area contributed by atoms with Gasteiger partial charge in [0.1, 0.15) is 0 Å². The summed E-state index contributed by atoms with van der Waals surface area (Å²) in [4.78, 5) is 23.4. The van der Waals surface area contributed by atoms with Crippen LogP contribution in [-0.4, -0.2) is 22.5 Å². The number of carbonyl (C=O) groups is 1. The number of hydrogen-bond donors (Lipinski definition) is 1. The summed E-state index contributed by atoms with van der Waals surface area (Å²) in [5, 5.41) is 13.8. The first-order valence-electron chi connectivity index (χ1n) is 6.35. The first-order chi connectivity index (χ1) is 9.49. The second kappa shape index (κ2) is 5.96. The van der Waals surface area contributed by atoms with Crippen molar-refractivity contribution in [3.05, 3.63) is 33.9 Å². The molecule has 1 heterocycles. The van der Waals surface area contributed by atoms with Crippen molar-refractivity contribution < 1.29 is 9.72 Å². The number of fused-ring (bicyclic) bond motifs is 1. The van der Waals surface area contributed by atoms with Gasteiger partial charge in [-0.2, -0.15) is 0 Å². The number of hydrogen-bond acceptors (Lipinski definition) is 4. The number of thiocarbonyl (C=S) groups is 1.